The SMILES string of the molecule is CN(CCc1noc(-c2ccc(C(=O)NCc3ccccc3Cl)cc2)n1)C(=O)Nc1ccccc1. The van der Waals surface area contributed by atoms with E-state index in [0.717, 1.165) is 11.3 Å². The van der Waals surface area contributed by atoms with Gasteiger partial charge in [-0.1, -0.05) is 53.2 Å². The summed E-state index contributed by atoms with van der Waals surface area (Å²) < 4.78 is 5.36. The van der Waals surface area contributed by atoms with Gasteiger partial charge in [0.25, 0.3) is 11.8 Å². The average molecular weight is 490 g/mol. The van der Waals surface area contributed by atoms with E-state index in [0.29, 0.717) is 47.4 Å². The van der Waals surface area contributed by atoms with Crippen LogP contribution in [-0.2, 0) is 13.0 Å². The van der Waals surface area contributed by atoms with E-state index >= 15 is 0 Å². The number of nitrogens with one attached hydrogen (secondary N) is 2. The summed E-state index contributed by atoms with van der Waals surface area (Å²) in [5.74, 6) is 0.625. The number of halogens is 1. The number of hydrogen-bond donors (Lipinski definition) is 2. The van der Waals surface area contributed by atoms with Crippen molar-refractivity contribution in [1.82, 2.24) is 20.4 Å². The topological polar surface area (TPSA) is 100 Å². The van der Waals surface area contributed by atoms with Gasteiger partial charge in [0, 0.05) is 48.4 Å². The molecule has 1 aromatic heterocycles. The fourth-order valence-electron chi connectivity index (χ4n) is 3.27. The third-order valence-electron chi connectivity index (χ3n) is 5.30. The third-order valence-corrected chi connectivity index (χ3v) is 5.67. The first-order valence-corrected chi connectivity index (χ1v) is 11.4. The van der Waals surface area contributed by atoms with Crippen molar-refractivity contribution in [2.24, 2.45) is 0 Å². The van der Waals surface area contributed by atoms with Gasteiger partial charge in [-0.05, 0) is 48.0 Å². The quantitative estimate of drug-likeness (QED) is 0.361. The molecule has 0 saturated carbocycles. The Hall–Kier alpha value is -4.17. The molecule has 8 nitrogen and oxygen atoms in total. The fraction of sp³-hybridized carbons (Fsp3) is 0.154. The molecule has 0 fully saturated rings. The monoisotopic (exact) mass is 489 g/mol. The smallest absolute Gasteiger partial charge is 0.321 e. The molecule has 9 heteroatoms. The number of benzene rings is 3. The number of urea groups is 1. The number of carbonyl (C=O) groups excluding carboxylic acids is 2. The van der Waals surface area contributed by atoms with Crippen molar-refractivity contribution in [1.29, 1.82) is 0 Å². The Morgan fingerprint density at radius 3 is 2.43 bits per heavy atom. The highest BCUT2D eigenvalue weighted by Gasteiger charge is 2.14. The van der Waals surface area contributed by atoms with E-state index in [9.17, 15) is 9.59 Å². The number of para-hydroxylation sites is 1. The van der Waals surface area contributed by atoms with Gasteiger partial charge in [-0.3, -0.25) is 4.79 Å². The van der Waals surface area contributed by atoms with Crippen LogP contribution >= 0.6 is 11.6 Å². The van der Waals surface area contributed by atoms with Crippen LogP contribution in [0.15, 0.2) is 83.4 Å². The Labute approximate surface area is 207 Å². The van der Waals surface area contributed by atoms with Crippen LogP contribution in [0.25, 0.3) is 11.5 Å². The zero-order chi connectivity index (χ0) is 24.6. The molecular formula is C26H24ClN5O3. The van der Waals surface area contributed by atoms with E-state index < -0.39 is 0 Å². The summed E-state index contributed by atoms with van der Waals surface area (Å²) in [6, 6.07) is 23.3. The highest BCUT2D eigenvalue weighted by molar-refractivity contribution is 6.31. The molecule has 0 aliphatic carbocycles. The molecule has 35 heavy (non-hydrogen) atoms. The van der Waals surface area contributed by atoms with Gasteiger partial charge in [0.2, 0.25) is 0 Å². The van der Waals surface area contributed by atoms with Crippen LogP contribution in [0, 0.1) is 0 Å². The lowest BCUT2D eigenvalue weighted by Gasteiger charge is -2.16. The number of amides is 3. The van der Waals surface area contributed by atoms with Crippen LogP contribution in [0.2, 0.25) is 5.02 Å². The van der Waals surface area contributed by atoms with E-state index in [1.807, 2.05) is 48.5 Å². The Morgan fingerprint density at radius 2 is 1.69 bits per heavy atom. The number of rotatable bonds is 8. The lowest BCUT2D eigenvalue weighted by Crippen LogP contribution is -2.33. The average Bonchev–Trinajstić information content (AvgIpc) is 3.36. The summed E-state index contributed by atoms with van der Waals surface area (Å²) in [5, 5.41) is 10.3. The van der Waals surface area contributed by atoms with E-state index in [1.165, 1.54) is 0 Å². The largest absolute Gasteiger partial charge is 0.348 e. The van der Waals surface area contributed by atoms with Crippen molar-refractivity contribution in [3.63, 3.8) is 0 Å². The highest BCUT2D eigenvalue weighted by Crippen LogP contribution is 2.19. The van der Waals surface area contributed by atoms with E-state index in [1.54, 1.807) is 42.3 Å². The summed E-state index contributed by atoms with van der Waals surface area (Å²) >= 11 is 6.14. The van der Waals surface area contributed by atoms with Gasteiger partial charge in [-0.25, -0.2) is 4.79 Å². The molecule has 0 spiro atoms. The summed E-state index contributed by atoms with van der Waals surface area (Å²) in [7, 11) is 1.70. The molecule has 1 heterocycles. The van der Waals surface area contributed by atoms with Crippen LogP contribution < -0.4 is 10.6 Å². The van der Waals surface area contributed by atoms with Crippen molar-refractivity contribution in [2.45, 2.75) is 13.0 Å². The molecule has 0 aliphatic rings. The number of likely N-dealkylation sites (N-methyl/N-ethyl adjacent to an activating group) is 1. The van der Waals surface area contributed by atoms with Gasteiger partial charge < -0.3 is 20.1 Å². The third kappa shape index (κ3) is 6.45. The Morgan fingerprint density at radius 1 is 0.971 bits per heavy atom. The molecule has 0 unspecified atom stereocenters. The molecule has 4 rings (SSSR count). The minimum absolute atomic E-state index is 0.209. The van der Waals surface area contributed by atoms with E-state index in [4.69, 9.17) is 16.1 Å². The summed E-state index contributed by atoms with van der Waals surface area (Å²) in [5.41, 5.74) is 2.78. The van der Waals surface area contributed by atoms with Gasteiger partial charge >= 0.3 is 6.03 Å². The number of hydrogen-bond acceptors (Lipinski definition) is 5. The minimum Gasteiger partial charge on any atom is -0.348 e. The first-order chi connectivity index (χ1) is 17.0. The highest BCUT2D eigenvalue weighted by atomic mass is 35.5. The number of anilines is 1. The van der Waals surface area contributed by atoms with Crippen molar-refractivity contribution in [3.05, 3.63) is 101 Å². The molecular weight excluding hydrogens is 466 g/mol. The number of nitrogens with zero attached hydrogens (tertiary/aromatic N) is 3. The summed E-state index contributed by atoms with van der Waals surface area (Å²) in [6.07, 6.45) is 0.435. The molecule has 3 amide bonds. The normalized spacial score (nSPS) is 10.6. The lowest BCUT2D eigenvalue weighted by atomic mass is 10.1. The lowest BCUT2D eigenvalue weighted by molar-refractivity contribution is 0.0951. The van der Waals surface area contributed by atoms with Gasteiger partial charge in [0.15, 0.2) is 5.82 Å². The van der Waals surface area contributed by atoms with Gasteiger partial charge in [-0.2, -0.15) is 4.98 Å². The number of carbonyl (C=O) groups is 2. The van der Waals surface area contributed by atoms with E-state index in [-0.39, 0.29) is 11.9 Å². The van der Waals surface area contributed by atoms with Gasteiger partial charge in [-0.15, -0.1) is 0 Å². The molecule has 0 radical (unpaired) electrons. The molecule has 0 atom stereocenters. The zero-order valence-electron chi connectivity index (χ0n) is 19.1. The maximum absolute atomic E-state index is 12.5. The Balaban J connectivity index is 1.29. The number of aromatic nitrogens is 2. The van der Waals surface area contributed by atoms with Crippen molar-refractivity contribution in [3.8, 4) is 11.5 Å². The molecule has 0 saturated heterocycles. The molecule has 0 aliphatic heterocycles. The van der Waals surface area contributed by atoms with Crippen LogP contribution in [0.4, 0.5) is 10.5 Å². The second kappa shape index (κ2) is 11.3. The molecule has 178 valence electrons. The van der Waals surface area contributed by atoms with Crippen molar-refractivity contribution < 1.29 is 14.1 Å². The summed E-state index contributed by atoms with van der Waals surface area (Å²) in [6.45, 7) is 0.757. The minimum atomic E-state index is -0.219. The predicted octanol–water partition coefficient (Wildman–Crippen LogP) is 5.03. The standard InChI is InChI=1S/C26H24ClN5O3/c1-32(26(34)29-21-8-3-2-4-9-21)16-15-23-30-25(35-31-23)19-13-11-18(12-14-19)24(33)28-17-20-7-5-6-10-22(20)27/h2-14H,15-17H2,1H3,(H,28,33)(H,29,34). The van der Waals surface area contributed by atoms with Crippen LogP contribution in [0.1, 0.15) is 21.7 Å². The molecule has 3 aromatic carbocycles. The maximum Gasteiger partial charge on any atom is 0.321 e. The van der Waals surface area contributed by atoms with Gasteiger partial charge in [0.1, 0.15) is 0 Å². The Kier molecular flexibility index (Phi) is 7.74. The molecule has 4 aromatic rings. The van der Waals surface area contributed by atoms with Crippen LogP contribution in [0.3, 0.4) is 0 Å². The first-order valence-electron chi connectivity index (χ1n) is 11.0. The van der Waals surface area contributed by atoms with Crippen molar-refractivity contribution in [2.75, 3.05) is 18.9 Å². The molecule has 2 N–H and O–H groups in total. The molecule has 0 bridgehead atoms. The van der Waals surface area contributed by atoms with Crippen molar-refractivity contribution >= 4 is 29.2 Å². The zero-order valence-corrected chi connectivity index (χ0v) is 19.8. The second-order valence-corrected chi connectivity index (χ2v) is 8.24. The fourth-order valence-corrected chi connectivity index (χ4v) is 3.47. The summed E-state index contributed by atoms with van der Waals surface area (Å²) in [4.78, 5) is 30.7. The maximum atomic E-state index is 12.5. The van der Waals surface area contributed by atoms with Crippen LogP contribution in [-0.4, -0.2) is 40.6 Å². The van der Waals surface area contributed by atoms with Crippen LogP contribution in [0.5, 0.6) is 0 Å². The second-order valence-electron chi connectivity index (χ2n) is 7.83. The van der Waals surface area contributed by atoms with Gasteiger partial charge in [0.05, 0.1) is 0 Å². The predicted molar refractivity (Wildman–Crippen MR) is 134 cm³/mol. The first kappa shape index (κ1) is 24.0. The van der Waals surface area contributed by atoms with E-state index in [2.05, 4.69) is 20.8 Å². The Bertz CT molecular complexity index is 1290.